The summed E-state index contributed by atoms with van der Waals surface area (Å²) < 4.78 is 45.2. The third kappa shape index (κ3) is 6.56. The molecule has 0 aromatic carbocycles. The molecule has 0 saturated heterocycles. The fourth-order valence-corrected chi connectivity index (χ4v) is 5.72. The SMILES string of the molecule is C[Si](C)(C)CCOCn1ccc2c3c(cnc21)C(=O)NCN3C1CCC(CNCC(F)(F)F)CC1. The van der Waals surface area contributed by atoms with Crippen LogP contribution in [0.1, 0.15) is 36.0 Å². The van der Waals surface area contributed by atoms with E-state index in [0.717, 1.165) is 55.1 Å². The van der Waals surface area contributed by atoms with Crippen molar-refractivity contribution in [3.63, 3.8) is 0 Å². The fourth-order valence-electron chi connectivity index (χ4n) is 4.97. The first-order valence-electron chi connectivity index (χ1n) is 12.4. The van der Waals surface area contributed by atoms with Crippen LogP contribution in [0.4, 0.5) is 18.9 Å². The number of carbonyl (C=O) groups is 1. The number of rotatable bonds is 9. The number of nitrogens with zero attached hydrogens (tertiary/aromatic N) is 3. The Labute approximate surface area is 205 Å². The van der Waals surface area contributed by atoms with Crippen molar-refractivity contribution < 1.29 is 22.7 Å². The number of nitrogens with one attached hydrogen (secondary N) is 2. The lowest BCUT2D eigenvalue weighted by Gasteiger charge is -2.41. The topological polar surface area (TPSA) is 71.4 Å². The summed E-state index contributed by atoms with van der Waals surface area (Å²) in [5, 5.41) is 6.44. The summed E-state index contributed by atoms with van der Waals surface area (Å²) in [4.78, 5) is 19.4. The lowest BCUT2D eigenvalue weighted by molar-refractivity contribution is -0.125. The maximum Gasteiger partial charge on any atom is 0.401 e. The number of ether oxygens (including phenoxy) is 1. The molecule has 194 valence electrons. The van der Waals surface area contributed by atoms with Crippen molar-refractivity contribution in [2.45, 2.75) is 70.3 Å². The normalized spacial score (nSPS) is 21.3. The molecule has 2 aromatic heterocycles. The van der Waals surface area contributed by atoms with Crippen LogP contribution in [-0.4, -0.2) is 62.1 Å². The Morgan fingerprint density at radius 3 is 2.66 bits per heavy atom. The molecule has 0 unspecified atom stereocenters. The number of fused-ring (bicyclic) bond motifs is 3. The van der Waals surface area contributed by atoms with E-state index in [0.29, 0.717) is 25.5 Å². The van der Waals surface area contributed by atoms with Crippen molar-refractivity contribution >= 4 is 30.7 Å². The van der Waals surface area contributed by atoms with Gasteiger partial charge in [0.2, 0.25) is 0 Å². The number of aromatic nitrogens is 2. The minimum atomic E-state index is -4.18. The predicted octanol–water partition coefficient (Wildman–Crippen LogP) is 4.57. The minimum Gasteiger partial charge on any atom is -0.361 e. The molecule has 35 heavy (non-hydrogen) atoms. The van der Waals surface area contributed by atoms with Crippen molar-refractivity contribution in [1.82, 2.24) is 20.2 Å². The summed E-state index contributed by atoms with van der Waals surface area (Å²) in [5.41, 5.74) is 2.26. The van der Waals surface area contributed by atoms with Gasteiger partial charge in [-0.1, -0.05) is 19.6 Å². The molecule has 1 aliphatic heterocycles. The van der Waals surface area contributed by atoms with E-state index >= 15 is 0 Å². The summed E-state index contributed by atoms with van der Waals surface area (Å²) in [6, 6.07) is 3.31. The predicted molar refractivity (Wildman–Crippen MR) is 133 cm³/mol. The van der Waals surface area contributed by atoms with Crippen LogP contribution in [-0.2, 0) is 11.5 Å². The lowest BCUT2D eigenvalue weighted by atomic mass is 9.84. The maximum absolute atomic E-state index is 12.6. The second-order valence-corrected chi connectivity index (χ2v) is 16.6. The van der Waals surface area contributed by atoms with E-state index < -0.39 is 20.8 Å². The zero-order valence-electron chi connectivity index (χ0n) is 20.7. The third-order valence-electron chi connectivity index (χ3n) is 6.94. The highest BCUT2D eigenvalue weighted by Crippen LogP contribution is 2.37. The van der Waals surface area contributed by atoms with Crippen LogP contribution in [0.5, 0.6) is 0 Å². The summed E-state index contributed by atoms with van der Waals surface area (Å²) in [5.74, 6) is 0.106. The van der Waals surface area contributed by atoms with Gasteiger partial charge in [-0.25, -0.2) is 4.98 Å². The van der Waals surface area contributed by atoms with Gasteiger partial charge >= 0.3 is 6.18 Å². The van der Waals surface area contributed by atoms with E-state index in [4.69, 9.17) is 4.74 Å². The Bertz CT molecular complexity index is 1030. The smallest absolute Gasteiger partial charge is 0.361 e. The molecular weight excluding hydrogens is 475 g/mol. The summed E-state index contributed by atoms with van der Waals surface area (Å²) >= 11 is 0. The molecule has 1 amide bonds. The molecule has 0 radical (unpaired) electrons. The molecule has 11 heteroatoms. The largest absolute Gasteiger partial charge is 0.401 e. The Balaban J connectivity index is 1.45. The number of anilines is 1. The van der Waals surface area contributed by atoms with Gasteiger partial charge in [0.25, 0.3) is 5.91 Å². The molecule has 1 aliphatic carbocycles. The molecule has 1 fully saturated rings. The van der Waals surface area contributed by atoms with E-state index in [1.807, 2.05) is 16.8 Å². The number of amides is 1. The van der Waals surface area contributed by atoms with Gasteiger partial charge in [-0.05, 0) is 50.3 Å². The van der Waals surface area contributed by atoms with Gasteiger partial charge in [0, 0.05) is 38.5 Å². The zero-order chi connectivity index (χ0) is 25.2. The third-order valence-corrected chi connectivity index (χ3v) is 8.65. The van der Waals surface area contributed by atoms with Gasteiger partial charge in [-0.3, -0.25) is 4.79 Å². The molecule has 3 heterocycles. The van der Waals surface area contributed by atoms with Crippen LogP contribution < -0.4 is 15.5 Å². The average Bonchev–Trinajstić information content (AvgIpc) is 3.19. The second kappa shape index (κ2) is 10.5. The number of carbonyl (C=O) groups excluding carboxylic acids is 1. The van der Waals surface area contributed by atoms with Crippen LogP contribution in [0.15, 0.2) is 18.5 Å². The molecule has 2 N–H and O–H groups in total. The number of hydrogen-bond acceptors (Lipinski definition) is 5. The first-order valence-corrected chi connectivity index (χ1v) is 16.1. The molecule has 7 nitrogen and oxygen atoms in total. The summed E-state index contributed by atoms with van der Waals surface area (Å²) in [7, 11) is -1.16. The molecular formula is C24H36F3N5O2Si. The van der Waals surface area contributed by atoms with Gasteiger partial charge in [0.15, 0.2) is 0 Å². The Hall–Kier alpha value is -2.11. The van der Waals surface area contributed by atoms with Crippen molar-refractivity contribution in [2.75, 3.05) is 31.3 Å². The van der Waals surface area contributed by atoms with Gasteiger partial charge in [0.1, 0.15) is 12.4 Å². The maximum atomic E-state index is 12.6. The van der Waals surface area contributed by atoms with Crippen LogP contribution in [0, 0.1) is 5.92 Å². The Kier molecular flexibility index (Phi) is 7.77. The fraction of sp³-hybridized carbons (Fsp3) is 0.667. The first-order chi connectivity index (χ1) is 16.5. The van der Waals surface area contributed by atoms with Crippen LogP contribution >= 0.6 is 0 Å². The van der Waals surface area contributed by atoms with Crippen molar-refractivity contribution in [3.8, 4) is 0 Å². The first kappa shape index (κ1) is 26.0. The Morgan fingerprint density at radius 1 is 1.23 bits per heavy atom. The van der Waals surface area contributed by atoms with Crippen LogP contribution in [0.3, 0.4) is 0 Å². The molecule has 0 atom stereocenters. The van der Waals surface area contributed by atoms with Gasteiger partial charge in [-0.15, -0.1) is 0 Å². The highest BCUT2D eigenvalue weighted by molar-refractivity contribution is 6.76. The summed E-state index contributed by atoms with van der Waals surface area (Å²) in [6.07, 6.45) is 2.88. The van der Waals surface area contributed by atoms with Crippen LogP contribution in [0.25, 0.3) is 11.0 Å². The number of halogens is 3. The number of hydrogen-bond donors (Lipinski definition) is 2. The van der Waals surface area contributed by atoms with Crippen molar-refractivity contribution in [1.29, 1.82) is 0 Å². The highest BCUT2D eigenvalue weighted by Gasteiger charge is 2.34. The number of pyridine rings is 1. The number of alkyl halides is 3. The van der Waals surface area contributed by atoms with E-state index in [9.17, 15) is 18.0 Å². The molecule has 2 aromatic rings. The van der Waals surface area contributed by atoms with E-state index in [1.165, 1.54) is 0 Å². The molecule has 1 saturated carbocycles. The standard InChI is InChI=1S/C24H36F3N5O2Si/c1-35(2,3)11-10-34-16-31-9-8-19-21-20(13-29-22(19)31)23(33)30-15-32(21)18-6-4-17(5-7-18)12-28-14-24(25,26)27/h8-9,13,17-18,28H,4-7,10-12,14-16H2,1-3H3,(H,30,33). The van der Waals surface area contributed by atoms with Gasteiger partial charge in [0.05, 0.1) is 24.5 Å². The molecule has 0 bridgehead atoms. The summed E-state index contributed by atoms with van der Waals surface area (Å²) in [6.45, 7) is 7.96. The van der Waals surface area contributed by atoms with Gasteiger partial charge in [-0.2, -0.15) is 13.2 Å². The van der Waals surface area contributed by atoms with E-state index in [1.54, 1.807) is 6.20 Å². The van der Waals surface area contributed by atoms with Crippen molar-refractivity contribution in [3.05, 3.63) is 24.0 Å². The molecule has 4 rings (SSSR count). The van der Waals surface area contributed by atoms with E-state index in [-0.39, 0.29) is 17.9 Å². The van der Waals surface area contributed by atoms with E-state index in [2.05, 4.69) is 40.2 Å². The monoisotopic (exact) mass is 511 g/mol. The Morgan fingerprint density at radius 2 is 1.97 bits per heavy atom. The average molecular weight is 512 g/mol. The minimum absolute atomic E-state index is 0.130. The quantitative estimate of drug-likeness (QED) is 0.381. The van der Waals surface area contributed by atoms with Gasteiger partial charge < -0.3 is 24.8 Å². The van der Waals surface area contributed by atoms with Crippen LogP contribution in [0.2, 0.25) is 25.7 Å². The molecule has 0 spiro atoms. The van der Waals surface area contributed by atoms with Crippen molar-refractivity contribution in [2.24, 2.45) is 5.92 Å². The zero-order valence-corrected chi connectivity index (χ0v) is 21.7. The molecule has 2 aliphatic rings. The second-order valence-electron chi connectivity index (χ2n) is 10.9. The lowest BCUT2D eigenvalue weighted by Crippen LogP contribution is -2.50. The highest BCUT2D eigenvalue weighted by atomic mass is 28.3.